The van der Waals surface area contributed by atoms with Gasteiger partial charge in [-0.15, -0.1) is 0 Å². The van der Waals surface area contributed by atoms with Crippen LogP contribution in [0.4, 0.5) is 5.69 Å². The first kappa shape index (κ1) is 14.4. The molecule has 0 radical (unpaired) electrons. The van der Waals surface area contributed by atoms with Crippen molar-refractivity contribution < 1.29 is 9.59 Å². The second-order valence-corrected chi connectivity index (χ2v) is 4.46. The van der Waals surface area contributed by atoms with E-state index in [1.54, 1.807) is 24.3 Å². The number of amides is 2. The molecule has 0 saturated carbocycles. The molecule has 0 atom stereocenters. The number of rotatable bonds is 5. The number of nitrogens with two attached hydrogens (primary N) is 2. The van der Waals surface area contributed by atoms with Gasteiger partial charge in [-0.25, -0.2) is 4.98 Å². The number of aromatic nitrogens is 2. The van der Waals surface area contributed by atoms with Crippen molar-refractivity contribution in [3.63, 3.8) is 0 Å². The summed E-state index contributed by atoms with van der Waals surface area (Å²) >= 11 is 0. The molecule has 0 aliphatic rings. The van der Waals surface area contributed by atoms with E-state index in [1.165, 1.54) is 23.5 Å². The molecule has 0 unspecified atom stereocenters. The number of nitrogen functional groups attached to an aromatic ring is 1. The zero-order valence-corrected chi connectivity index (χ0v) is 11.3. The summed E-state index contributed by atoms with van der Waals surface area (Å²) in [5.74, 6) is -0.999. The SMILES string of the molecule is NC(=O)CN(Cc1ccc(N)cc1)C(=O)c1cnccn1. The second-order valence-electron chi connectivity index (χ2n) is 4.46. The Morgan fingerprint density at radius 2 is 1.86 bits per heavy atom. The van der Waals surface area contributed by atoms with Crippen LogP contribution in [0.15, 0.2) is 42.9 Å². The summed E-state index contributed by atoms with van der Waals surface area (Å²) in [6.45, 7) is 0.0401. The second kappa shape index (κ2) is 6.47. The molecule has 7 nitrogen and oxygen atoms in total. The highest BCUT2D eigenvalue weighted by atomic mass is 16.2. The molecule has 2 aromatic rings. The van der Waals surface area contributed by atoms with Crippen molar-refractivity contribution in [2.24, 2.45) is 5.73 Å². The predicted molar refractivity (Wildman–Crippen MR) is 76.8 cm³/mol. The normalized spacial score (nSPS) is 10.1. The standard InChI is InChI=1S/C14H15N5O2/c15-11-3-1-10(2-4-11)8-19(9-13(16)20)14(21)12-7-17-5-6-18-12/h1-7H,8-9,15H2,(H2,16,20). The van der Waals surface area contributed by atoms with Crippen LogP contribution in [-0.4, -0.2) is 33.2 Å². The average Bonchev–Trinajstić information content (AvgIpc) is 2.48. The van der Waals surface area contributed by atoms with Crippen LogP contribution in [0.2, 0.25) is 0 Å². The summed E-state index contributed by atoms with van der Waals surface area (Å²) in [6.07, 6.45) is 4.23. The summed E-state index contributed by atoms with van der Waals surface area (Å²) in [5.41, 5.74) is 12.4. The summed E-state index contributed by atoms with van der Waals surface area (Å²) < 4.78 is 0. The third-order valence-electron chi connectivity index (χ3n) is 2.77. The Morgan fingerprint density at radius 1 is 1.14 bits per heavy atom. The van der Waals surface area contributed by atoms with E-state index < -0.39 is 11.8 Å². The van der Waals surface area contributed by atoms with Crippen LogP contribution in [0.5, 0.6) is 0 Å². The summed E-state index contributed by atoms with van der Waals surface area (Å²) in [7, 11) is 0. The fourth-order valence-corrected chi connectivity index (χ4v) is 1.80. The van der Waals surface area contributed by atoms with Crippen molar-refractivity contribution in [2.75, 3.05) is 12.3 Å². The number of carbonyl (C=O) groups is 2. The molecule has 1 heterocycles. The van der Waals surface area contributed by atoms with E-state index in [9.17, 15) is 9.59 Å². The Morgan fingerprint density at radius 3 is 2.43 bits per heavy atom. The summed E-state index contributed by atoms with van der Waals surface area (Å²) in [6, 6.07) is 7.02. The van der Waals surface area contributed by atoms with Crippen LogP contribution < -0.4 is 11.5 Å². The number of primary amides is 1. The lowest BCUT2D eigenvalue weighted by atomic mass is 10.2. The van der Waals surface area contributed by atoms with Crippen molar-refractivity contribution in [2.45, 2.75) is 6.54 Å². The highest BCUT2D eigenvalue weighted by molar-refractivity contribution is 5.94. The van der Waals surface area contributed by atoms with Gasteiger partial charge in [-0.2, -0.15) is 0 Å². The smallest absolute Gasteiger partial charge is 0.274 e. The van der Waals surface area contributed by atoms with Crippen molar-refractivity contribution in [3.05, 3.63) is 54.1 Å². The molecule has 0 saturated heterocycles. The maximum Gasteiger partial charge on any atom is 0.274 e. The third-order valence-corrected chi connectivity index (χ3v) is 2.77. The van der Waals surface area contributed by atoms with E-state index in [1.807, 2.05) is 0 Å². The molecule has 0 spiro atoms. The summed E-state index contributed by atoms with van der Waals surface area (Å²) in [4.78, 5) is 32.6. The van der Waals surface area contributed by atoms with E-state index >= 15 is 0 Å². The van der Waals surface area contributed by atoms with Gasteiger partial charge >= 0.3 is 0 Å². The van der Waals surface area contributed by atoms with Gasteiger partial charge in [0.2, 0.25) is 5.91 Å². The Labute approximate surface area is 121 Å². The van der Waals surface area contributed by atoms with Crippen LogP contribution in [0, 0.1) is 0 Å². The van der Waals surface area contributed by atoms with E-state index in [0.717, 1.165) is 5.56 Å². The monoisotopic (exact) mass is 285 g/mol. The van der Waals surface area contributed by atoms with E-state index in [-0.39, 0.29) is 18.8 Å². The van der Waals surface area contributed by atoms with Crippen LogP contribution in [-0.2, 0) is 11.3 Å². The van der Waals surface area contributed by atoms with E-state index in [4.69, 9.17) is 11.5 Å². The highest BCUT2D eigenvalue weighted by Crippen LogP contribution is 2.10. The van der Waals surface area contributed by atoms with Gasteiger partial charge in [0.15, 0.2) is 0 Å². The topological polar surface area (TPSA) is 115 Å². The molecule has 21 heavy (non-hydrogen) atoms. The first-order valence-corrected chi connectivity index (χ1v) is 6.24. The van der Waals surface area contributed by atoms with E-state index in [2.05, 4.69) is 9.97 Å². The Hall–Kier alpha value is -2.96. The van der Waals surface area contributed by atoms with Gasteiger partial charge in [-0.05, 0) is 17.7 Å². The molecule has 2 amide bonds. The van der Waals surface area contributed by atoms with Crippen LogP contribution in [0.3, 0.4) is 0 Å². The minimum absolute atomic E-state index is 0.161. The fourth-order valence-electron chi connectivity index (χ4n) is 1.80. The Kier molecular flexibility index (Phi) is 4.45. The van der Waals surface area contributed by atoms with Gasteiger partial charge in [0.25, 0.3) is 5.91 Å². The number of benzene rings is 1. The minimum atomic E-state index is -0.595. The minimum Gasteiger partial charge on any atom is -0.399 e. The van der Waals surface area contributed by atoms with E-state index in [0.29, 0.717) is 5.69 Å². The molecule has 0 aliphatic carbocycles. The van der Waals surface area contributed by atoms with Gasteiger partial charge in [-0.3, -0.25) is 14.6 Å². The quantitative estimate of drug-likeness (QED) is 0.761. The molecule has 2 rings (SSSR count). The lowest BCUT2D eigenvalue weighted by Gasteiger charge is -2.20. The highest BCUT2D eigenvalue weighted by Gasteiger charge is 2.19. The van der Waals surface area contributed by atoms with Crippen molar-refractivity contribution in [3.8, 4) is 0 Å². The molecule has 0 bridgehead atoms. The van der Waals surface area contributed by atoms with Gasteiger partial charge in [0.1, 0.15) is 12.2 Å². The average molecular weight is 285 g/mol. The maximum absolute atomic E-state index is 12.3. The number of carbonyl (C=O) groups excluding carboxylic acids is 2. The zero-order chi connectivity index (χ0) is 15.2. The fraction of sp³-hybridized carbons (Fsp3) is 0.143. The van der Waals surface area contributed by atoms with Crippen molar-refractivity contribution in [1.82, 2.24) is 14.9 Å². The molecule has 1 aromatic carbocycles. The molecular weight excluding hydrogens is 270 g/mol. The largest absolute Gasteiger partial charge is 0.399 e. The van der Waals surface area contributed by atoms with Gasteiger partial charge in [-0.1, -0.05) is 12.1 Å². The Balaban J connectivity index is 2.20. The zero-order valence-electron chi connectivity index (χ0n) is 11.3. The number of anilines is 1. The van der Waals surface area contributed by atoms with Gasteiger partial charge < -0.3 is 16.4 Å². The van der Waals surface area contributed by atoms with Crippen LogP contribution in [0.25, 0.3) is 0 Å². The summed E-state index contributed by atoms with van der Waals surface area (Å²) in [5, 5.41) is 0. The molecule has 4 N–H and O–H groups in total. The number of hydrogen-bond acceptors (Lipinski definition) is 5. The number of nitrogens with zero attached hydrogens (tertiary/aromatic N) is 3. The lowest BCUT2D eigenvalue weighted by molar-refractivity contribution is -0.118. The van der Waals surface area contributed by atoms with Crippen LogP contribution >= 0.6 is 0 Å². The van der Waals surface area contributed by atoms with Crippen LogP contribution in [0.1, 0.15) is 16.1 Å². The lowest BCUT2D eigenvalue weighted by Crippen LogP contribution is -2.38. The molecule has 108 valence electrons. The number of hydrogen-bond donors (Lipinski definition) is 2. The molecular formula is C14H15N5O2. The molecule has 0 aliphatic heterocycles. The van der Waals surface area contributed by atoms with Gasteiger partial charge in [0.05, 0.1) is 6.20 Å². The van der Waals surface area contributed by atoms with Crippen molar-refractivity contribution >= 4 is 17.5 Å². The van der Waals surface area contributed by atoms with Crippen molar-refractivity contribution in [1.29, 1.82) is 0 Å². The Bertz CT molecular complexity index is 628. The first-order chi connectivity index (χ1) is 10.1. The third kappa shape index (κ3) is 4.00. The van der Waals surface area contributed by atoms with Gasteiger partial charge in [0, 0.05) is 24.6 Å². The molecule has 0 fully saturated rings. The first-order valence-electron chi connectivity index (χ1n) is 6.24. The predicted octanol–water partition coefficient (Wildman–Crippen LogP) is 0.186. The molecule has 7 heteroatoms. The molecule has 1 aromatic heterocycles. The maximum atomic E-state index is 12.3.